The van der Waals surface area contributed by atoms with Gasteiger partial charge >= 0.3 is 0 Å². The Hall–Kier alpha value is -2.24. The summed E-state index contributed by atoms with van der Waals surface area (Å²) in [6, 6.07) is 12.4. The summed E-state index contributed by atoms with van der Waals surface area (Å²) in [6.07, 6.45) is 3.11. The van der Waals surface area contributed by atoms with Gasteiger partial charge in [0.25, 0.3) is 0 Å². The molecular weight excluding hydrogens is 290 g/mol. The summed E-state index contributed by atoms with van der Waals surface area (Å²) in [4.78, 5) is 17.8. The van der Waals surface area contributed by atoms with Crippen LogP contribution < -0.4 is 5.73 Å². The molecule has 3 rings (SSSR count). The number of benzene rings is 1. The molecule has 1 aliphatic heterocycles. The van der Waals surface area contributed by atoms with Crippen LogP contribution in [0, 0.1) is 0 Å². The van der Waals surface area contributed by atoms with Gasteiger partial charge in [-0.15, -0.1) is 0 Å². The van der Waals surface area contributed by atoms with E-state index in [9.17, 15) is 4.79 Å². The maximum Gasteiger partial charge on any atom is 0.247 e. The van der Waals surface area contributed by atoms with Gasteiger partial charge < -0.3 is 10.5 Å². The first-order valence-corrected chi connectivity index (χ1v) is 7.78. The van der Waals surface area contributed by atoms with Crippen LogP contribution in [0.25, 0.3) is 11.1 Å². The highest BCUT2D eigenvalue weighted by Crippen LogP contribution is 2.21. The van der Waals surface area contributed by atoms with E-state index in [0.717, 1.165) is 24.2 Å². The Morgan fingerprint density at radius 2 is 2.13 bits per heavy atom. The number of nitrogens with two attached hydrogens (primary N) is 1. The first kappa shape index (κ1) is 15.6. The second-order valence-corrected chi connectivity index (χ2v) is 5.97. The predicted molar refractivity (Wildman–Crippen MR) is 88.5 cm³/mol. The topological polar surface area (TPSA) is 68.5 Å². The number of amides is 1. The molecule has 1 saturated heterocycles. The fourth-order valence-electron chi connectivity index (χ4n) is 2.97. The normalized spacial score (nSPS) is 22.0. The standard InChI is InChI=1S/C18H21N3O2/c1-13-10-21(12-17(23-13)18(19)22)11-14-4-2-5-15(8-14)16-6-3-7-20-9-16/h2-9,13,17H,10-12H2,1H3,(H2,19,22)/t13-,17-/m1/s1. The van der Waals surface area contributed by atoms with Crippen molar-refractivity contribution in [2.75, 3.05) is 13.1 Å². The second-order valence-electron chi connectivity index (χ2n) is 5.97. The highest BCUT2D eigenvalue weighted by molar-refractivity contribution is 5.79. The molecule has 1 aromatic heterocycles. The zero-order valence-corrected chi connectivity index (χ0v) is 13.2. The molecule has 0 bridgehead atoms. The first-order chi connectivity index (χ1) is 11.1. The van der Waals surface area contributed by atoms with E-state index in [1.807, 2.05) is 31.3 Å². The van der Waals surface area contributed by atoms with Gasteiger partial charge in [-0.1, -0.05) is 24.3 Å². The van der Waals surface area contributed by atoms with Crippen molar-refractivity contribution in [1.29, 1.82) is 0 Å². The van der Waals surface area contributed by atoms with Crippen molar-refractivity contribution in [3.63, 3.8) is 0 Å². The molecule has 1 amide bonds. The first-order valence-electron chi connectivity index (χ1n) is 7.78. The summed E-state index contributed by atoms with van der Waals surface area (Å²) in [6.45, 7) is 4.07. The van der Waals surface area contributed by atoms with E-state index in [2.05, 4.69) is 28.1 Å². The van der Waals surface area contributed by atoms with Crippen molar-refractivity contribution in [3.8, 4) is 11.1 Å². The number of rotatable bonds is 4. The number of ether oxygens (including phenoxy) is 1. The SMILES string of the molecule is C[C@@H]1CN(Cc2cccc(-c3cccnc3)c2)C[C@H](C(N)=O)O1. The van der Waals surface area contributed by atoms with Crippen molar-refractivity contribution in [3.05, 3.63) is 54.4 Å². The van der Waals surface area contributed by atoms with Gasteiger partial charge in [0.05, 0.1) is 6.10 Å². The third-order valence-electron chi connectivity index (χ3n) is 3.98. The summed E-state index contributed by atoms with van der Waals surface area (Å²) in [5, 5.41) is 0. The van der Waals surface area contributed by atoms with Gasteiger partial charge in [-0.05, 0) is 35.7 Å². The molecule has 1 aromatic carbocycles. The third-order valence-corrected chi connectivity index (χ3v) is 3.98. The van der Waals surface area contributed by atoms with Gasteiger partial charge in [0.1, 0.15) is 6.10 Å². The zero-order valence-electron chi connectivity index (χ0n) is 13.2. The minimum absolute atomic E-state index is 0.00255. The van der Waals surface area contributed by atoms with Gasteiger partial charge in [0, 0.05) is 32.0 Å². The molecule has 2 N–H and O–H groups in total. The van der Waals surface area contributed by atoms with E-state index in [1.54, 1.807) is 6.20 Å². The van der Waals surface area contributed by atoms with Crippen molar-refractivity contribution in [2.45, 2.75) is 25.7 Å². The third kappa shape index (κ3) is 3.94. The van der Waals surface area contributed by atoms with E-state index in [4.69, 9.17) is 10.5 Å². The van der Waals surface area contributed by atoms with Crippen LogP contribution in [0.5, 0.6) is 0 Å². The minimum atomic E-state index is -0.528. The monoisotopic (exact) mass is 311 g/mol. The van der Waals surface area contributed by atoms with Crippen molar-refractivity contribution in [2.24, 2.45) is 5.73 Å². The molecule has 120 valence electrons. The molecule has 5 nitrogen and oxygen atoms in total. The van der Waals surface area contributed by atoms with Gasteiger partial charge in [0.2, 0.25) is 5.91 Å². The van der Waals surface area contributed by atoms with Crippen molar-refractivity contribution >= 4 is 5.91 Å². The van der Waals surface area contributed by atoms with Gasteiger partial charge in [-0.3, -0.25) is 14.7 Å². The number of aromatic nitrogens is 1. The summed E-state index contributed by atoms with van der Waals surface area (Å²) in [7, 11) is 0. The molecule has 1 fully saturated rings. The predicted octanol–water partition coefficient (Wildman–Crippen LogP) is 1.82. The largest absolute Gasteiger partial charge is 0.367 e. The number of pyridine rings is 1. The Kier molecular flexibility index (Phi) is 4.69. The number of carbonyl (C=O) groups excluding carboxylic acids is 1. The molecule has 5 heteroatoms. The lowest BCUT2D eigenvalue weighted by atomic mass is 10.0. The molecule has 0 aliphatic carbocycles. The molecule has 0 unspecified atom stereocenters. The number of hydrogen-bond donors (Lipinski definition) is 1. The van der Waals surface area contributed by atoms with Crippen molar-refractivity contribution in [1.82, 2.24) is 9.88 Å². The number of nitrogens with zero attached hydrogens (tertiary/aromatic N) is 2. The maximum atomic E-state index is 11.4. The fraction of sp³-hybridized carbons (Fsp3) is 0.333. The highest BCUT2D eigenvalue weighted by atomic mass is 16.5. The van der Waals surface area contributed by atoms with Crippen LogP contribution in [-0.4, -0.2) is 41.1 Å². The van der Waals surface area contributed by atoms with Gasteiger partial charge in [0.15, 0.2) is 0 Å². The fourth-order valence-corrected chi connectivity index (χ4v) is 2.97. The lowest BCUT2D eigenvalue weighted by Gasteiger charge is -2.35. The molecule has 2 heterocycles. The Bertz CT molecular complexity index is 675. The summed E-state index contributed by atoms with van der Waals surface area (Å²) in [5.74, 6) is -0.398. The second kappa shape index (κ2) is 6.89. The molecule has 0 radical (unpaired) electrons. The molecule has 2 aromatic rings. The van der Waals surface area contributed by atoms with E-state index in [-0.39, 0.29) is 6.10 Å². The molecule has 0 spiro atoms. The smallest absolute Gasteiger partial charge is 0.247 e. The zero-order chi connectivity index (χ0) is 16.2. The van der Waals surface area contributed by atoms with Crippen LogP contribution in [0.4, 0.5) is 0 Å². The maximum absolute atomic E-state index is 11.4. The Balaban J connectivity index is 1.74. The van der Waals surface area contributed by atoms with Gasteiger partial charge in [-0.25, -0.2) is 0 Å². The van der Waals surface area contributed by atoms with E-state index < -0.39 is 12.0 Å². The lowest BCUT2D eigenvalue weighted by molar-refractivity contribution is -0.142. The van der Waals surface area contributed by atoms with Crippen LogP contribution >= 0.6 is 0 Å². The van der Waals surface area contributed by atoms with E-state index >= 15 is 0 Å². The van der Waals surface area contributed by atoms with Crippen LogP contribution in [0.15, 0.2) is 48.8 Å². The van der Waals surface area contributed by atoms with Crippen molar-refractivity contribution < 1.29 is 9.53 Å². The quantitative estimate of drug-likeness (QED) is 0.935. The van der Waals surface area contributed by atoms with E-state index in [1.165, 1.54) is 5.56 Å². The Morgan fingerprint density at radius 1 is 1.30 bits per heavy atom. The molecule has 1 aliphatic rings. The average molecular weight is 311 g/mol. The summed E-state index contributed by atoms with van der Waals surface area (Å²) >= 11 is 0. The number of hydrogen-bond acceptors (Lipinski definition) is 4. The molecule has 2 atom stereocenters. The molecule has 0 saturated carbocycles. The van der Waals surface area contributed by atoms with Crippen LogP contribution in [0.1, 0.15) is 12.5 Å². The summed E-state index contributed by atoms with van der Waals surface area (Å²) in [5.41, 5.74) is 8.82. The minimum Gasteiger partial charge on any atom is -0.367 e. The Labute approximate surface area is 136 Å². The number of carbonyl (C=O) groups is 1. The molecule has 23 heavy (non-hydrogen) atoms. The summed E-state index contributed by atoms with van der Waals surface area (Å²) < 4.78 is 5.58. The average Bonchev–Trinajstić information content (AvgIpc) is 2.55. The number of primary amides is 1. The van der Waals surface area contributed by atoms with Crippen LogP contribution in [-0.2, 0) is 16.1 Å². The highest BCUT2D eigenvalue weighted by Gasteiger charge is 2.28. The van der Waals surface area contributed by atoms with E-state index in [0.29, 0.717) is 6.54 Å². The number of morpholine rings is 1. The lowest BCUT2D eigenvalue weighted by Crippen LogP contribution is -2.51. The van der Waals surface area contributed by atoms with Gasteiger partial charge in [-0.2, -0.15) is 0 Å². The Morgan fingerprint density at radius 3 is 2.87 bits per heavy atom. The van der Waals surface area contributed by atoms with Crippen LogP contribution in [0.3, 0.4) is 0 Å². The molecular formula is C18H21N3O2. The van der Waals surface area contributed by atoms with Crippen LogP contribution in [0.2, 0.25) is 0 Å².